The van der Waals surface area contributed by atoms with Crippen molar-refractivity contribution in [1.29, 1.82) is 0 Å². The summed E-state index contributed by atoms with van der Waals surface area (Å²) >= 11 is 12.0. The molecule has 1 fully saturated rings. The highest BCUT2D eigenvalue weighted by Gasteiger charge is 2.20. The molecule has 3 heteroatoms. The average molecular weight is 272 g/mol. The zero-order valence-corrected chi connectivity index (χ0v) is 11.7. The fraction of sp³-hybridized carbons (Fsp3) is 0.571. The van der Waals surface area contributed by atoms with Crippen LogP contribution in [0.4, 0.5) is 0 Å². The van der Waals surface area contributed by atoms with Gasteiger partial charge in [0.15, 0.2) is 0 Å². The van der Waals surface area contributed by atoms with E-state index in [-0.39, 0.29) is 0 Å². The summed E-state index contributed by atoms with van der Waals surface area (Å²) in [6.45, 7) is 3.19. The van der Waals surface area contributed by atoms with E-state index in [1.165, 1.54) is 31.2 Å². The van der Waals surface area contributed by atoms with Crippen molar-refractivity contribution in [2.24, 2.45) is 5.92 Å². The Morgan fingerprint density at radius 2 is 1.76 bits per heavy atom. The zero-order valence-electron chi connectivity index (χ0n) is 10.2. The van der Waals surface area contributed by atoms with Gasteiger partial charge in [0.05, 0.1) is 0 Å². The predicted molar refractivity (Wildman–Crippen MR) is 74.7 cm³/mol. The minimum Gasteiger partial charge on any atom is -0.310 e. The fourth-order valence-corrected chi connectivity index (χ4v) is 3.15. The van der Waals surface area contributed by atoms with Crippen LogP contribution in [0.5, 0.6) is 0 Å². The van der Waals surface area contributed by atoms with Crippen LogP contribution in [-0.4, -0.2) is 6.04 Å². The quantitative estimate of drug-likeness (QED) is 0.843. The molecule has 1 aromatic rings. The largest absolute Gasteiger partial charge is 0.310 e. The van der Waals surface area contributed by atoms with Crippen molar-refractivity contribution in [2.75, 3.05) is 0 Å². The van der Waals surface area contributed by atoms with Crippen molar-refractivity contribution in [2.45, 2.75) is 45.2 Å². The summed E-state index contributed by atoms with van der Waals surface area (Å²) < 4.78 is 0. The third-order valence-electron chi connectivity index (χ3n) is 3.60. The van der Waals surface area contributed by atoms with Gasteiger partial charge in [-0.25, -0.2) is 0 Å². The molecule has 0 aromatic heterocycles. The predicted octanol–water partition coefficient (Wildman–Crippen LogP) is 4.66. The van der Waals surface area contributed by atoms with E-state index in [0.29, 0.717) is 16.1 Å². The molecule has 0 saturated heterocycles. The van der Waals surface area contributed by atoms with Crippen molar-refractivity contribution in [3.63, 3.8) is 0 Å². The maximum Gasteiger partial charge on any atom is 0.0424 e. The van der Waals surface area contributed by atoms with E-state index >= 15 is 0 Å². The van der Waals surface area contributed by atoms with E-state index < -0.39 is 0 Å². The molecule has 1 nitrogen and oxygen atoms in total. The summed E-state index contributed by atoms with van der Waals surface area (Å²) in [6.07, 6.45) is 5.35. The molecule has 0 heterocycles. The van der Waals surface area contributed by atoms with Crippen LogP contribution in [0.25, 0.3) is 0 Å². The Morgan fingerprint density at radius 1 is 1.12 bits per heavy atom. The van der Waals surface area contributed by atoms with Crippen LogP contribution >= 0.6 is 23.2 Å². The molecule has 2 atom stereocenters. The number of hydrogen-bond donors (Lipinski definition) is 1. The Labute approximate surface area is 114 Å². The third kappa shape index (κ3) is 3.87. The maximum atomic E-state index is 5.99. The second kappa shape index (κ2) is 6.08. The Hall–Kier alpha value is -0.240. The van der Waals surface area contributed by atoms with Gasteiger partial charge in [-0.1, -0.05) is 43.0 Å². The van der Waals surface area contributed by atoms with Gasteiger partial charge in [0, 0.05) is 22.6 Å². The Bertz CT molecular complexity index is 358. The average Bonchev–Trinajstić information content (AvgIpc) is 2.27. The van der Waals surface area contributed by atoms with Gasteiger partial charge in [-0.05, 0) is 42.5 Å². The second-order valence-corrected chi connectivity index (χ2v) is 5.90. The number of hydrogen-bond acceptors (Lipinski definition) is 1. The summed E-state index contributed by atoms with van der Waals surface area (Å²) in [6, 6.07) is 6.37. The van der Waals surface area contributed by atoms with Crippen molar-refractivity contribution in [1.82, 2.24) is 5.32 Å². The minimum absolute atomic E-state index is 0.640. The van der Waals surface area contributed by atoms with Gasteiger partial charge in [-0.2, -0.15) is 0 Å². The molecule has 0 bridgehead atoms. The first-order valence-corrected chi connectivity index (χ1v) is 7.09. The van der Waals surface area contributed by atoms with Gasteiger partial charge in [0.1, 0.15) is 0 Å². The number of rotatable bonds is 3. The van der Waals surface area contributed by atoms with Crippen molar-refractivity contribution in [3.8, 4) is 0 Å². The van der Waals surface area contributed by atoms with Crippen molar-refractivity contribution < 1.29 is 0 Å². The molecule has 1 saturated carbocycles. The van der Waals surface area contributed by atoms with Crippen LogP contribution in [0, 0.1) is 5.92 Å². The van der Waals surface area contributed by atoms with E-state index in [4.69, 9.17) is 23.2 Å². The minimum atomic E-state index is 0.640. The summed E-state index contributed by atoms with van der Waals surface area (Å²) in [7, 11) is 0. The standard InChI is InChI=1S/C14H19Cl2N/c1-10-4-2-3-5-14(10)17-9-11-6-12(15)8-13(16)7-11/h6-8,10,14,17H,2-5,9H2,1H3. The SMILES string of the molecule is CC1CCCCC1NCc1cc(Cl)cc(Cl)c1. The first kappa shape index (κ1) is 13.2. The van der Waals surface area contributed by atoms with E-state index in [9.17, 15) is 0 Å². The molecule has 1 N–H and O–H groups in total. The summed E-state index contributed by atoms with van der Waals surface area (Å²) in [5, 5.41) is 5.05. The molecule has 1 aliphatic carbocycles. The third-order valence-corrected chi connectivity index (χ3v) is 4.04. The van der Waals surface area contributed by atoms with Gasteiger partial charge >= 0.3 is 0 Å². The van der Waals surface area contributed by atoms with Crippen LogP contribution in [0.2, 0.25) is 10.0 Å². The highest BCUT2D eigenvalue weighted by atomic mass is 35.5. The first-order chi connectivity index (χ1) is 8.15. The molecule has 17 heavy (non-hydrogen) atoms. The van der Waals surface area contributed by atoms with Crippen LogP contribution in [-0.2, 0) is 6.54 Å². The van der Waals surface area contributed by atoms with Crippen LogP contribution in [0.15, 0.2) is 18.2 Å². The van der Waals surface area contributed by atoms with Crippen LogP contribution < -0.4 is 5.32 Å². The Kier molecular flexibility index (Phi) is 4.72. The van der Waals surface area contributed by atoms with Crippen molar-refractivity contribution in [3.05, 3.63) is 33.8 Å². The Morgan fingerprint density at radius 3 is 2.41 bits per heavy atom. The number of benzene rings is 1. The smallest absolute Gasteiger partial charge is 0.0424 e. The topological polar surface area (TPSA) is 12.0 Å². The lowest BCUT2D eigenvalue weighted by Gasteiger charge is -2.29. The number of nitrogens with one attached hydrogen (secondary N) is 1. The molecule has 1 aliphatic rings. The van der Waals surface area contributed by atoms with E-state index in [0.717, 1.165) is 12.5 Å². The second-order valence-electron chi connectivity index (χ2n) is 5.03. The lowest BCUT2D eigenvalue weighted by atomic mass is 9.86. The van der Waals surface area contributed by atoms with Gasteiger partial charge in [-0.15, -0.1) is 0 Å². The van der Waals surface area contributed by atoms with E-state index in [1.807, 2.05) is 12.1 Å². The fourth-order valence-electron chi connectivity index (χ4n) is 2.58. The lowest BCUT2D eigenvalue weighted by molar-refractivity contribution is 0.279. The summed E-state index contributed by atoms with van der Waals surface area (Å²) in [5.41, 5.74) is 1.17. The van der Waals surface area contributed by atoms with E-state index in [1.54, 1.807) is 6.07 Å². The van der Waals surface area contributed by atoms with Gasteiger partial charge in [-0.3, -0.25) is 0 Å². The molecule has 0 radical (unpaired) electrons. The zero-order chi connectivity index (χ0) is 12.3. The molecule has 2 rings (SSSR count). The summed E-state index contributed by atoms with van der Waals surface area (Å²) in [5.74, 6) is 0.776. The van der Waals surface area contributed by atoms with Crippen molar-refractivity contribution >= 4 is 23.2 Å². The summed E-state index contributed by atoms with van der Waals surface area (Å²) in [4.78, 5) is 0. The molecule has 0 amide bonds. The highest BCUT2D eigenvalue weighted by molar-refractivity contribution is 6.34. The number of halogens is 2. The Balaban J connectivity index is 1.92. The van der Waals surface area contributed by atoms with E-state index in [2.05, 4.69) is 12.2 Å². The van der Waals surface area contributed by atoms with Gasteiger partial charge in [0.25, 0.3) is 0 Å². The molecule has 0 spiro atoms. The molecular formula is C14H19Cl2N. The van der Waals surface area contributed by atoms with Crippen LogP contribution in [0.1, 0.15) is 38.2 Å². The molecule has 2 unspecified atom stereocenters. The lowest BCUT2D eigenvalue weighted by Crippen LogP contribution is -2.36. The molecule has 0 aliphatic heterocycles. The molecule has 1 aromatic carbocycles. The highest BCUT2D eigenvalue weighted by Crippen LogP contribution is 2.24. The van der Waals surface area contributed by atoms with Gasteiger partial charge in [0.2, 0.25) is 0 Å². The maximum absolute atomic E-state index is 5.99. The van der Waals surface area contributed by atoms with Gasteiger partial charge < -0.3 is 5.32 Å². The monoisotopic (exact) mass is 271 g/mol. The first-order valence-electron chi connectivity index (χ1n) is 6.33. The normalized spacial score (nSPS) is 24.9. The van der Waals surface area contributed by atoms with Crippen LogP contribution in [0.3, 0.4) is 0 Å². The molecule has 94 valence electrons. The molecular weight excluding hydrogens is 253 g/mol.